The minimum atomic E-state index is -0.0813. The minimum Gasteiger partial charge on any atom is -0.338 e. The third-order valence-corrected chi connectivity index (χ3v) is 4.31. The fourth-order valence-corrected chi connectivity index (χ4v) is 2.92. The number of nitrogens with zero attached hydrogens (tertiary/aromatic N) is 2. The van der Waals surface area contributed by atoms with Crippen molar-refractivity contribution in [2.45, 2.75) is 37.8 Å². The molecular formula is C17H21ClN4O. The summed E-state index contributed by atoms with van der Waals surface area (Å²) in [4.78, 5) is 15.9. The van der Waals surface area contributed by atoms with Crippen LogP contribution in [-0.4, -0.2) is 28.2 Å². The standard InChI is InChI=1S/C17H21ClN4O/c18-14-5-3-4-13(10-14)15-11-16(15)21-17(23)20-6-1-2-8-22-9-7-19-12-22/h3-5,7,9-10,12,15-16H,1-2,6,8,11H2,(H2,20,21,23)/t15-,16+/m1/s1. The SMILES string of the molecule is O=C(NCCCCn1ccnc1)N[C@H]1C[C@@H]1c1cccc(Cl)c1. The quantitative estimate of drug-likeness (QED) is 0.765. The molecule has 1 fully saturated rings. The molecule has 2 N–H and O–H groups in total. The van der Waals surface area contributed by atoms with Gasteiger partial charge in [-0.3, -0.25) is 0 Å². The van der Waals surface area contributed by atoms with Crippen molar-refractivity contribution in [3.05, 3.63) is 53.6 Å². The van der Waals surface area contributed by atoms with Crippen LogP contribution >= 0.6 is 11.6 Å². The molecule has 5 nitrogen and oxygen atoms in total. The van der Waals surface area contributed by atoms with Crippen LogP contribution in [0, 0.1) is 0 Å². The number of benzene rings is 1. The maximum absolute atomic E-state index is 11.9. The van der Waals surface area contributed by atoms with Gasteiger partial charge in [-0.25, -0.2) is 9.78 Å². The predicted octanol–water partition coefficient (Wildman–Crippen LogP) is 3.17. The van der Waals surface area contributed by atoms with Gasteiger partial charge >= 0.3 is 6.03 Å². The Labute approximate surface area is 141 Å². The van der Waals surface area contributed by atoms with Crippen molar-refractivity contribution in [1.29, 1.82) is 0 Å². The van der Waals surface area contributed by atoms with Gasteiger partial charge in [0, 0.05) is 42.5 Å². The number of aromatic nitrogens is 2. The zero-order valence-corrected chi connectivity index (χ0v) is 13.7. The van der Waals surface area contributed by atoms with E-state index in [1.54, 1.807) is 6.20 Å². The van der Waals surface area contributed by atoms with Crippen molar-refractivity contribution < 1.29 is 4.79 Å². The molecule has 23 heavy (non-hydrogen) atoms. The highest BCUT2D eigenvalue weighted by molar-refractivity contribution is 6.30. The summed E-state index contributed by atoms with van der Waals surface area (Å²) in [7, 11) is 0. The van der Waals surface area contributed by atoms with E-state index in [0.29, 0.717) is 12.5 Å². The molecule has 0 saturated heterocycles. The molecule has 0 bridgehead atoms. The monoisotopic (exact) mass is 332 g/mol. The van der Waals surface area contributed by atoms with Crippen LogP contribution in [0.1, 0.15) is 30.7 Å². The van der Waals surface area contributed by atoms with Crippen LogP contribution in [0.25, 0.3) is 0 Å². The summed E-state index contributed by atoms with van der Waals surface area (Å²) < 4.78 is 2.04. The molecule has 1 aliphatic rings. The molecule has 0 spiro atoms. The van der Waals surface area contributed by atoms with Crippen molar-refractivity contribution in [2.75, 3.05) is 6.54 Å². The van der Waals surface area contributed by atoms with Gasteiger partial charge in [-0.05, 0) is 37.0 Å². The average molecular weight is 333 g/mol. The van der Waals surface area contributed by atoms with E-state index in [-0.39, 0.29) is 12.1 Å². The molecule has 2 aromatic rings. The number of carbonyl (C=O) groups excluding carboxylic acids is 1. The number of hydrogen-bond donors (Lipinski definition) is 2. The minimum absolute atomic E-state index is 0.0813. The third kappa shape index (κ3) is 4.73. The van der Waals surface area contributed by atoms with Gasteiger partial charge in [0.1, 0.15) is 0 Å². The lowest BCUT2D eigenvalue weighted by Gasteiger charge is -2.08. The summed E-state index contributed by atoms with van der Waals surface area (Å²) >= 11 is 6.00. The van der Waals surface area contributed by atoms with Crippen LogP contribution in [0.4, 0.5) is 4.79 Å². The van der Waals surface area contributed by atoms with E-state index in [1.807, 2.05) is 35.3 Å². The Kier molecular flexibility index (Phi) is 5.18. The Morgan fingerprint density at radius 1 is 1.39 bits per heavy atom. The van der Waals surface area contributed by atoms with Crippen molar-refractivity contribution in [1.82, 2.24) is 20.2 Å². The first-order valence-electron chi connectivity index (χ1n) is 7.98. The molecule has 1 aromatic carbocycles. The van der Waals surface area contributed by atoms with E-state index in [4.69, 9.17) is 11.6 Å². The number of rotatable bonds is 7. The number of aryl methyl sites for hydroxylation is 1. The highest BCUT2D eigenvalue weighted by Crippen LogP contribution is 2.41. The fraction of sp³-hybridized carbons (Fsp3) is 0.412. The van der Waals surface area contributed by atoms with Gasteiger partial charge in [0.2, 0.25) is 0 Å². The molecule has 1 aromatic heterocycles. The van der Waals surface area contributed by atoms with Crippen molar-refractivity contribution in [2.24, 2.45) is 0 Å². The highest BCUT2D eigenvalue weighted by Gasteiger charge is 2.39. The number of halogens is 1. The number of hydrogen-bond acceptors (Lipinski definition) is 2. The summed E-state index contributed by atoms with van der Waals surface area (Å²) in [5.74, 6) is 0.390. The first kappa shape index (κ1) is 15.9. The number of carbonyl (C=O) groups is 1. The lowest BCUT2D eigenvalue weighted by molar-refractivity contribution is 0.240. The van der Waals surface area contributed by atoms with Crippen LogP contribution < -0.4 is 10.6 Å². The van der Waals surface area contributed by atoms with Gasteiger partial charge in [-0.1, -0.05) is 23.7 Å². The van der Waals surface area contributed by atoms with Gasteiger partial charge in [0.25, 0.3) is 0 Å². The Hall–Kier alpha value is -2.01. The Balaban J connectivity index is 1.30. The number of imidazole rings is 1. The first-order valence-corrected chi connectivity index (χ1v) is 8.36. The molecule has 1 saturated carbocycles. The Morgan fingerprint density at radius 3 is 3.09 bits per heavy atom. The van der Waals surface area contributed by atoms with Crippen molar-refractivity contribution in [3.8, 4) is 0 Å². The van der Waals surface area contributed by atoms with Crippen LogP contribution in [0.2, 0.25) is 5.02 Å². The van der Waals surface area contributed by atoms with E-state index >= 15 is 0 Å². The topological polar surface area (TPSA) is 59.0 Å². The van der Waals surface area contributed by atoms with E-state index in [9.17, 15) is 4.79 Å². The van der Waals surface area contributed by atoms with Gasteiger partial charge in [-0.2, -0.15) is 0 Å². The second kappa shape index (κ2) is 7.51. The molecule has 0 radical (unpaired) electrons. The number of unbranched alkanes of at least 4 members (excludes halogenated alkanes) is 1. The average Bonchev–Trinajstić information content (AvgIpc) is 3.09. The van der Waals surface area contributed by atoms with Gasteiger partial charge in [0.15, 0.2) is 0 Å². The molecule has 2 atom stereocenters. The smallest absolute Gasteiger partial charge is 0.315 e. The molecule has 0 unspecified atom stereocenters. The molecule has 1 heterocycles. The normalized spacial score (nSPS) is 19.3. The highest BCUT2D eigenvalue weighted by atomic mass is 35.5. The molecule has 122 valence electrons. The van der Waals surface area contributed by atoms with E-state index in [2.05, 4.69) is 21.7 Å². The number of amides is 2. The first-order chi connectivity index (χ1) is 11.2. The maximum Gasteiger partial charge on any atom is 0.315 e. The summed E-state index contributed by atoms with van der Waals surface area (Å²) in [6.07, 6.45) is 8.48. The van der Waals surface area contributed by atoms with Gasteiger partial charge < -0.3 is 15.2 Å². The lowest BCUT2D eigenvalue weighted by Crippen LogP contribution is -2.37. The van der Waals surface area contributed by atoms with E-state index < -0.39 is 0 Å². The Bertz CT molecular complexity index is 644. The van der Waals surface area contributed by atoms with Gasteiger partial charge in [0.05, 0.1) is 6.33 Å². The van der Waals surface area contributed by atoms with Crippen LogP contribution in [-0.2, 0) is 6.54 Å². The molecule has 3 rings (SSSR count). The summed E-state index contributed by atoms with van der Waals surface area (Å²) in [5, 5.41) is 6.68. The summed E-state index contributed by atoms with van der Waals surface area (Å²) in [6.45, 7) is 1.62. The predicted molar refractivity (Wildman–Crippen MR) is 90.6 cm³/mol. The van der Waals surface area contributed by atoms with Crippen LogP contribution in [0.15, 0.2) is 43.0 Å². The second-order valence-electron chi connectivity index (χ2n) is 5.91. The molecule has 1 aliphatic carbocycles. The summed E-state index contributed by atoms with van der Waals surface area (Å²) in [6, 6.07) is 8.00. The largest absolute Gasteiger partial charge is 0.338 e. The van der Waals surface area contributed by atoms with Crippen molar-refractivity contribution >= 4 is 17.6 Å². The van der Waals surface area contributed by atoms with E-state index in [0.717, 1.165) is 30.8 Å². The molecular weight excluding hydrogens is 312 g/mol. The summed E-state index contributed by atoms with van der Waals surface area (Å²) in [5.41, 5.74) is 1.20. The molecule has 0 aliphatic heterocycles. The van der Waals surface area contributed by atoms with Crippen molar-refractivity contribution in [3.63, 3.8) is 0 Å². The number of nitrogens with one attached hydrogen (secondary N) is 2. The van der Waals surface area contributed by atoms with Crippen LogP contribution in [0.5, 0.6) is 0 Å². The van der Waals surface area contributed by atoms with E-state index in [1.165, 1.54) is 5.56 Å². The Morgan fingerprint density at radius 2 is 2.30 bits per heavy atom. The molecule has 2 amide bonds. The molecule has 6 heteroatoms. The maximum atomic E-state index is 11.9. The second-order valence-corrected chi connectivity index (χ2v) is 6.35. The van der Waals surface area contributed by atoms with Gasteiger partial charge in [-0.15, -0.1) is 0 Å². The van der Waals surface area contributed by atoms with Crippen LogP contribution in [0.3, 0.4) is 0 Å². The fourth-order valence-electron chi connectivity index (χ4n) is 2.72. The zero-order valence-electron chi connectivity index (χ0n) is 12.9. The lowest BCUT2D eigenvalue weighted by atomic mass is 10.1. The third-order valence-electron chi connectivity index (χ3n) is 4.07. The number of urea groups is 1. The zero-order chi connectivity index (χ0) is 16.1.